The van der Waals surface area contributed by atoms with Crippen molar-refractivity contribution in [2.24, 2.45) is 5.92 Å². The Balaban J connectivity index is 1.93. The summed E-state index contributed by atoms with van der Waals surface area (Å²) in [6.45, 7) is 7.46. The van der Waals surface area contributed by atoms with Gasteiger partial charge in [0.2, 0.25) is 11.8 Å². The average Bonchev–Trinajstić information content (AvgIpc) is 3.15. The minimum absolute atomic E-state index is 0.0117. The predicted molar refractivity (Wildman–Crippen MR) is 112 cm³/mol. The first-order valence-electron chi connectivity index (χ1n) is 9.51. The molecule has 1 aliphatic heterocycles. The van der Waals surface area contributed by atoms with Crippen LogP contribution in [0, 0.1) is 5.92 Å². The van der Waals surface area contributed by atoms with Crippen molar-refractivity contribution in [2.45, 2.75) is 33.4 Å². The molecule has 28 heavy (non-hydrogen) atoms. The van der Waals surface area contributed by atoms with Gasteiger partial charge in [-0.1, -0.05) is 43.1 Å². The van der Waals surface area contributed by atoms with Gasteiger partial charge in [0.1, 0.15) is 0 Å². The van der Waals surface area contributed by atoms with E-state index in [2.05, 4.69) is 4.57 Å². The first kappa shape index (κ1) is 20.7. The van der Waals surface area contributed by atoms with Crippen LogP contribution in [0.2, 0.25) is 10.0 Å². The van der Waals surface area contributed by atoms with Gasteiger partial charge in [-0.3, -0.25) is 9.59 Å². The molecule has 0 saturated carbocycles. The maximum atomic E-state index is 13.2. The highest BCUT2D eigenvalue weighted by Crippen LogP contribution is 2.35. The Morgan fingerprint density at radius 1 is 1.18 bits per heavy atom. The van der Waals surface area contributed by atoms with Crippen LogP contribution in [-0.4, -0.2) is 45.8 Å². The van der Waals surface area contributed by atoms with E-state index in [1.165, 1.54) is 0 Å². The molecule has 150 valence electrons. The largest absolute Gasteiger partial charge is 0.348 e. The smallest absolute Gasteiger partial charge is 0.243 e. The van der Waals surface area contributed by atoms with Crippen LogP contribution in [0.4, 0.5) is 0 Å². The number of hydrogen-bond acceptors (Lipinski definition) is 2. The zero-order valence-electron chi connectivity index (χ0n) is 16.4. The maximum Gasteiger partial charge on any atom is 0.243 e. The second-order valence-corrected chi connectivity index (χ2v) is 8.11. The van der Waals surface area contributed by atoms with E-state index in [9.17, 15) is 9.59 Å². The third-order valence-electron chi connectivity index (χ3n) is 5.13. The molecule has 5 nitrogen and oxygen atoms in total. The van der Waals surface area contributed by atoms with Crippen molar-refractivity contribution in [3.05, 3.63) is 57.8 Å². The summed E-state index contributed by atoms with van der Waals surface area (Å²) < 4.78 is 2.15. The second-order valence-electron chi connectivity index (χ2n) is 7.30. The molecule has 2 aromatic rings. The highest BCUT2D eigenvalue weighted by Gasteiger charge is 2.33. The summed E-state index contributed by atoms with van der Waals surface area (Å²) in [7, 11) is 0. The fourth-order valence-corrected chi connectivity index (χ4v) is 3.96. The third kappa shape index (κ3) is 4.06. The van der Waals surface area contributed by atoms with Crippen LogP contribution in [0.5, 0.6) is 0 Å². The van der Waals surface area contributed by atoms with E-state index in [1.807, 2.05) is 56.1 Å². The van der Waals surface area contributed by atoms with Gasteiger partial charge in [0.25, 0.3) is 0 Å². The highest BCUT2D eigenvalue weighted by atomic mass is 35.5. The molecule has 0 aliphatic carbocycles. The van der Waals surface area contributed by atoms with Crippen LogP contribution in [0.1, 0.15) is 38.1 Å². The molecule has 0 saturated heterocycles. The topological polar surface area (TPSA) is 45.6 Å². The summed E-state index contributed by atoms with van der Waals surface area (Å²) in [5.74, 6) is -0.223. The van der Waals surface area contributed by atoms with Gasteiger partial charge < -0.3 is 14.4 Å². The lowest BCUT2D eigenvalue weighted by Crippen LogP contribution is -2.48. The Morgan fingerprint density at radius 3 is 2.57 bits per heavy atom. The molecule has 0 unspecified atom stereocenters. The van der Waals surface area contributed by atoms with Gasteiger partial charge in [0.05, 0.1) is 22.6 Å². The third-order valence-corrected chi connectivity index (χ3v) is 5.87. The number of benzene rings is 1. The van der Waals surface area contributed by atoms with Crippen LogP contribution in [0.15, 0.2) is 36.5 Å². The zero-order valence-corrected chi connectivity index (χ0v) is 17.9. The lowest BCUT2D eigenvalue weighted by molar-refractivity contribution is -0.143. The fraction of sp³-hybridized carbons (Fsp3) is 0.429. The van der Waals surface area contributed by atoms with Crippen molar-refractivity contribution in [1.82, 2.24) is 14.4 Å². The molecule has 2 heterocycles. The van der Waals surface area contributed by atoms with E-state index in [0.717, 1.165) is 17.8 Å². The van der Waals surface area contributed by atoms with E-state index in [4.69, 9.17) is 23.2 Å². The number of aromatic nitrogens is 1. The average molecular weight is 422 g/mol. The summed E-state index contributed by atoms with van der Waals surface area (Å²) in [5, 5.41) is 0.939. The number of halogens is 2. The van der Waals surface area contributed by atoms with Crippen molar-refractivity contribution < 1.29 is 9.59 Å². The molecule has 1 aliphatic rings. The van der Waals surface area contributed by atoms with Gasteiger partial charge in [-0.15, -0.1) is 0 Å². The summed E-state index contributed by atoms with van der Waals surface area (Å²) >= 11 is 12.3. The Hall–Kier alpha value is -1.98. The summed E-state index contributed by atoms with van der Waals surface area (Å²) in [6.07, 6.45) is 2.02. The normalized spacial score (nSPS) is 16.2. The number of nitrogens with zero attached hydrogens (tertiary/aromatic N) is 3. The first-order valence-corrected chi connectivity index (χ1v) is 10.3. The van der Waals surface area contributed by atoms with Gasteiger partial charge in [0.15, 0.2) is 0 Å². The SMILES string of the molecule is CCN(CC(=O)N1CCn2cccc2[C@@H]1c1ccc(Cl)c(Cl)c1)C(=O)C(C)C. The molecule has 1 aromatic carbocycles. The summed E-state index contributed by atoms with van der Waals surface area (Å²) in [4.78, 5) is 29.1. The van der Waals surface area contributed by atoms with Crippen molar-refractivity contribution in [1.29, 1.82) is 0 Å². The van der Waals surface area contributed by atoms with Crippen LogP contribution in [0.3, 0.4) is 0 Å². The van der Waals surface area contributed by atoms with Gasteiger partial charge >= 0.3 is 0 Å². The molecule has 0 N–H and O–H groups in total. The second kappa shape index (κ2) is 8.58. The number of amides is 2. The number of carbonyl (C=O) groups excluding carboxylic acids is 2. The number of fused-ring (bicyclic) bond motifs is 1. The van der Waals surface area contributed by atoms with E-state index >= 15 is 0 Å². The monoisotopic (exact) mass is 421 g/mol. The molecule has 3 rings (SSSR count). The molecule has 2 amide bonds. The van der Waals surface area contributed by atoms with Crippen LogP contribution in [0.25, 0.3) is 0 Å². The lowest BCUT2D eigenvalue weighted by Gasteiger charge is -2.38. The van der Waals surface area contributed by atoms with Gasteiger partial charge in [-0.25, -0.2) is 0 Å². The van der Waals surface area contributed by atoms with Crippen molar-refractivity contribution >= 4 is 35.0 Å². The predicted octanol–water partition coefficient (Wildman–Crippen LogP) is 4.23. The Kier molecular flexibility index (Phi) is 6.36. The summed E-state index contributed by atoms with van der Waals surface area (Å²) in [5.41, 5.74) is 1.93. The lowest BCUT2D eigenvalue weighted by atomic mass is 9.99. The number of carbonyl (C=O) groups is 2. The van der Waals surface area contributed by atoms with Crippen molar-refractivity contribution in [3.63, 3.8) is 0 Å². The molecular formula is C21H25Cl2N3O2. The quantitative estimate of drug-likeness (QED) is 0.724. The number of hydrogen-bond donors (Lipinski definition) is 0. The van der Waals surface area contributed by atoms with Crippen molar-refractivity contribution in [2.75, 3.05) is 19.6 Å². The summed E-state index contributed by atoms with van der Waals surface area (Å²) in [6, 6.07) is 9.20. The Labute approximate surface area is 175 Å². The zero-order chi connectivity index (χ0) is 20.4. The molecule has 0 radical (unpaired) electrons. The molecule has 0 spiro atoms. The van der Waals surface area contributed by atoms with Crippen LogP contribution in [-0.2, 0) is 16.1 Å². The molecule has 7 heteroatoms. The molecule has 0 fully saturated rings. The van der Waals surface area contributed by atoms with Crippen LogP contribution < -0.4 is 0 Å². The van der Waals surface area contributed by atoms with Gasteiger partial charge in [-0.05, 0) is 36.8 Å². The van der Waals surface area contributed by atoms with E-state index in [-0.39, 0.29) is 30.3 Å². The van der Waals surface area contributed by atoms with E-state index in [0.29, 0.717) is 23.1 Å². The fourth-order valence-electron chi connectivity index (χ4n) is 3.65. The maximum absolute atomic E-state index is 13.2. The first-order chi connectivity index (χ1) is 13.3. The van der Waals surface area contributed by atoms with Crippen molar-refractivity contribution in [3.8, 4) is 0 Å². The molecular weight excluding hydrogens is 397 g/mol. The van der Waals surface area contributed by atoms with Gasteiger partial charge in [0, 0.05) is 37.4 Å². The van der Waals surface area contributed by atoms with E-state index in [1.54, 1.807) is 11.0 Å². The number of likely N-dealkylation sites (N-methyl/N-ethyl adjacent to an activating group) is 1. The standard InChI is InChI=1S/C21H25Cl2N3O2/c1-4-24(21(28)14(2)3)13-19(27)26-11-10-25-9-5-6-18(25)20(26)15-7-8-16(22)17(23)12-15/h5-9,12,14,20H,4,10-11,13H2,1-3H3/t20-/m0/s1. The molecule has 0 bridgehead atoms. The van der Waals surface area contributed by atoms with Gasteiger partial charge in [-0.2, -0.15) is 0 Å². The minimum atomic E-state index is -0.265. The Bertz CT molecular complexity index is 878. The highest BCUT2D eigenvalue weighted by molar-refractivity contribution is 6.42. The molecule has 1 atom stereocenters. The van der Waals surface area contributed by atoms with Crippen LogP contribution >= 0.6 is 23.2 Å². The Morgan fingerprint density at radius 2 is 1.93 bits per heavy atom. The van der Waals surface area contributed by atoms with E-state index < -0.39 is 0 Å². The molecule has 1 aromatic heterocycles. The number of rotatable bonds is 5. The minimum Gasteiger partial charge on any atom is -0.348 e.